The largest absolute Gasteiger partial charge is 0.497 e. The molecule has 6 nitrogen and oxygen atoms in total. The Kier molecular flexibility index (Phi) is 6.54. The monoisotopic (exact) mass is 393 g/mol. The van der Waals surface area contributed by atoms with Crippen molar-refractivity contribution in [2.45, 2.75) is 32.3 Å². The van der Waals surface area contributed by atoms with E-state index in [-0.39, 0.29) is 5.91 Å². The highest BCUT2D eigenvalue weighted by atomic mass is 16.5. The van der Waals surface area contributed by atoms with Crippen LogP contribution in [0.1, 0.15) is 25.8 Å². The molecule has 1 heterocycles. The SMILES string of the molecule is COc1cccc(CCCNC(=O)C(C)(C)Oc2ccn(-c3ccccc3)n2)c1. The van der Waals surface area contributed by atoms with Gasteiger partial charge in [-0.25, -0.2) is 4.68 Å². The summed E-state index contributed by atoms with van der Waals surface area (Å²) >= 11 is 0. The molecule has 1 aromatic heterocycles. The van der Waals surface area contributed by atoms with E-state index in [1.54, 1.807) is 31.7 Å². The zero-order chi connectivity index (χ0) is 20.7. The predicted octanol–water partition coefficient (Wildman–Crippen LogP) is 3.79. The second-order valence-corrected chi connectivity index (χ2v) is 7.26. The molecular formula is C23H27N3O3. The van der Waals surface area contributed by atoms with Crippen LogP contribution in [0.25, 0.3) is 5.69 Å². The van der Waals surface area contributed by atoms with Crippen LogP contribution in [0.2, 0.25) is 0 Å². The summed E-state index contributed by atoms with van der Waals surface area (Å²) in [6.07, 6.45) is 3.50. The maximum Gasteiger partial charge on any atom is 0.263 e. The lowest BCUT2D eigenvalue weighted by atomic mass is 10.1. The molecule has 2 aromatic carbocycles. The summed E-state index contributed by atoms with van der Waals surface area (Å²) in [6.45, 7) is 4.05. The molecule has 0 saturated carbocycles. The molecule has 0 aliphatic rings. The van der Waals surface area contributed by atoms with Gasteiger partial charge in [-0.3, -0.25) is 4.79 Å². The second kappa shape index (κ2) is 9.28. The first-order chi connectivity index (χ1) is 14.0. The molecule has 3 aromatic rings. The van der Waals surface area contributed by atoms with E-state index in [2.05, 4.69) is 16.5 Å². The predicted molar refractivity (Wildman–Crippen MR) is 113 cm³/mol. The fourth-order valence-electron chi connectivity index (χ4n) is 2.93. The summed E-state index contributed by atoms with van der Waals surface area (Å²) in [7, 11) is 1.66. The molecule has 0 radical (unpaired) electrons. The fraction of sp³-hybridized carbons (Fsp3) is 0.304. The average Bonchev–Trinajstić information content (AvgIpc) is 3.19. The second-order valence-electron chi connectivity index (χ2n) is 7.26. The zero-order valence-corrected chi connectivity index (χ0v) is 17.1. The standard InChI is InChI=1S/C23H27N3O3/c1-23(2,29-21-14-16-26(25-21)19-11-5-4-6-12-19)22(27)24-15-8-10-18-9-7-13-20(17-18)28-3/h4-7,9,11-14,16-17H,8,10,15H2,1-3H3,(H,24,27). The molecule has 29 heavy (non-hydrogen) atoms. The minimum Gasteiger partial charge on any atom is -0.497 e. The summed E-state index contributed by atoms with van der Waals surface area (Å²) in [5, 5.41) is 7.35. The highest BCUT2D eigenvalue weighted by Crippen LogP contribution is 2.18. The van der Waals surface area contributed by atoms with Gasteiger partial charge in [-0.05, 0) is 56.5 Å². The Bertz CT molecular complexity index is 935. The van der Waals surface area contributed by atoms with E-state index in [1.807, 2.05) is 54.7 Å². The molecule has 0 aliphatic heterocycles. The van der Waals surface area contributed by atoms with Crippen LogP contribution in [-0.4, -0.2) is 34.9 Å². The number of benzene rings is 2. The topological polar surface area (TPSA) is 65.4 Å². The van der Waals surface area contributed by atoms with E-state index in [1.165, 1.54) is 5.56 Å². The lowest BCUT2D eigenvalue weighted by molar-refractivity contribution is -0.134. The lowest BCUT2D eigenvalue weighted by Crippen LogP contribution is -2.47. The van der Waals surface area contributed by atoms with Gasteiger partial charge < -0.3 is 14.8 Å². The van der Waals surface area contributed by atoms with E-state index < -0.39 is 5.60 Å². The molecule has 0 spiro atoms. The third-order valence-electron chi connectivity index (χ3n) is 4.55. The van der Waals surface area contributed by atoms with Crippen LogP contribution < -0.4 is 14.8 Å². The van der Waals surface area contributed by atoms with Crippen LogP contribution in [0.15, 0.2) is 66.9 Å². The van der Waals surface area contributed by atoms with Crippen LogP contribution in [0.5, 0.6) is 11.6 Å². The first kappa shape index (κ1) is 20.5. The van der Waals surface area contributed by atoms with E-state index in [0.29, 0.717) is 12.4 Å². The summed E-state index contributed by atoms with van der Waals surface area (Å²) in [5.74, 6) is 1.08. The van der Waals surface area contributed by atoms with Gasteiger partial charge in [-0.15, -0.1) is 5.10 Å². The van der Waals surface area contributed by atoms with Gasteiger partial charge in [0.25, 0.3) is 5.91 Å². The van der Waals surface area contributed by atoms with E-state index in [4.69, 9.17) is 9.47 Å². The normalized spacial score (nSPS) is 11.1. The van der Waals surface area contributed by atoms with Crippen molar-refractivity contribution in [3.63, 3.8) is 0 Å². The minimum absolute atomic E-state index is 0.169. The van der Waals surface area contributed by atoms with Crippen LogP contribution >= 0.6 is 0 Å². The number of ether oxygens (including phenoxy) is 2. The Morgan fingerprint density at radius 1 is 1.10 bits per heavy atom. The van der Waals surface area contributed by atoms with Crippen molar-refractivity contribution in [1.82, 2.24) is 15.1 Å². The summed E-state index contributed by atoms with van der Waals surface area (Å²) in [5.41, 5.74) is 1.09. The summed E-state index contributed by atoms with van der Waals surface area (Å²) < 4.78 is 12.8. The number of methoxy groups -OCH3 is 1. The molecule has 0 atom stereocenters. The zero-order valence-electron chi connectivity index (χ0n) is 17.1. The van der Waals surface area contributed by atoms with Crippen LogP contribution in [-0.2, 0) is 11.2 Å². The molecule has 0 unspecified atom stereocenters. The molecule has 152 valence electrons. The van der Waals surface area contributed by atoms with Crippen molar-refractivity contribution >= 4 is 5.91 Å². The Morgan fingerprint density at radius 3 is 2.66 bits per heavy atom. The first-order valence-electron chi connectivity index (χ1n) is 9.69. The Morgan fingerprint density at radius 2 is 1.90 bits per heavy atom. The van der Waals surface area contributed by atoms with Crippen molar-refractivity contribution in [2.24, 2.45) is 0 Å². The Balaban J connectivity index is 1.49. The van der Waals surface area contributed by atoms with Crippen LogP contribution in [0, 0.1) is 0 Å². The number of para-hydroxylation sites is 1. The molecule has 0 bridgehead atoms. The lowest BCUT2D eigenvalue weighted by Gasteiger charge is -2.23. The van der Waals surface area contributed by atoms with Gasteiger partial charge >= 0.3 is 0 Å². The summed E-state index contributed by atoms with van der Waals surface area (Å²) in [4.78, 5) is 12.6. The number of rotatable bonds is 9. The van der Waals surface area contributed by atoms with Crippen molar-refractivity contribution in [1.29, 1.82) is 0 Å². The van der Waals surface area contributed by atoms with Crippen LogP contribution in [0.4, 0.5) is 0 Å². The van der Waals surface area contributed by atoms with Gasteiger partial charge in [0, 0.05) is 18.8 Å². The molecule has 0 aliphatic carbocycles. The highest BCUT2D eigenvalue weighted by molar-refractivity contribution is 5.84. The fourth-order valence-corrected chi connectivity index (χ4v) is 2.93. The van der Waals surface area contributed by atoms with Gasteiger partial charge in [-0.1, -0.05) is 30.3 Å². The molecule has 3 rings (SSSR count). The number of carbonyl (C=O) groups is 1. The molecule has 1 N–H and O–H groups in total. The van der Waals surface area contributed by atoms with Crippen molar-refractivity contribution < 1.29 is 14.3 Å². The number of hydrogen-bond donors (Lipinski definition) is 1. The maximum atomic E-state index is 12.6. The van der Waals surface area contributed by atoms with Gasteiger partial charge in [0.05, 0.1) is 12.8 Å². The van der Waals surface area contributed by atoms with E-state index in [9.17, 15) is 4.79 Å². The van der Waals surface area contributed by atoms with E-state index in [0.717, 1.165) is 24.3 Å². The van der Waals surface area contributed by atoms with Crippen molar-refractivity contribution in [2.75, 3.05) is 13.7 Å². The number of aryl methyl sites for hydroxylation is 1. The van der Waals surface area contributed by atoms with Gasteiger partial charge in [0.2, 0.25) is 5.88 Å². The van der Waals surface area contributed by atoms with Crippen LogP contribution in [0.3, 0.4) is 0 Å². The van der Waals surface area contributed by atoms with Gasteiger partial charge in [0.15, 0.2) is 5.60 Å². The van der Waals surface area contributed by atoms with Gasteiger partial charge in [0.1, 0.15) is 5.75 Å². The molecule has 6 heteroatoms. The number of nitrogens with zero attached hydrogens (tertiary/aromatic N) is 2. The first-order valence-corrected chi connectivity index (χ1v) is 9.69. The average molecular weight is 393 g/mol. The quantitative estimate of drug-likeness (QED) is 0.562. The maximum absolute atomic E-state index is 12.6. The highest BCUT2D eigenvalue weighted by Gasteiger charge is 2.30. The van der Waals surface area contributed by atoms with E-state index >= 15 is 0 Å². The number of nitrogens with one attached hydrogen (secondary N) is 1. The number of hydrogen-bond acceptors (Lipinski definition) is 4. The molecule has 0 saturated heterocycles. The molecule has 1 amide bonds. The number of carbonyl (C=O) groups excluding carboxylic acids is 1. The number of aromatic nitrogens is 2. The third kappa shape index (κ3) is 5.60. The molecular weight excluding hydrogens is 366 g/mol. The Hall–Kier alpha value is -3.28. The Labute approximate surface area is 171 Å². The van der Waals surface area contributed by atoms with Crippen molar-refractivity contribution in [3.8, 4) is 17.3 Å². The summed E-state index contributed by atoms with van der Waals surface area (Å²) in [6, 6.07) is 19.5. The smallest absolute Gasteiger partial charge is 0.263 e. The third-order valence-corrected chi connectivity index (χ3v) is 4.55. The van der Waals surface area contributed by atoms with Crippen molar-refractivity contribution in [3.05, 3.63) is 72.4 Å². The van der Waals surface area contributed by atoms with Gasteiger partial charge in [-0.2, -0.15) is 0 Å². The number of amides is 1. The molecule has 0 fully saturated rings. The minimum atomic E-state index is -1.02.